The second-order valence-corrected chi connectivity index (χ2v) is 9.98. The average Bonchev–Trinajstić information content (AvgIpc) is 2.74. The molecule has 0 aromatic heterocycles. The Morgan fingerprint density at radius 3 is 2.32 bits per heavy atom. The molecule has 0 aliphatic carbocycles. The number of carbonyl (C=O) groups excluding carboxylic acids is 2. The first kappa shape index (κ1) is 22.8. The van der Waals surface area contributed by atoms with Crippen LogP contribution in [0.15, 0.2) is 47.4 Å². The fourth-order valence-corrected chi connectivity index (χ4v) is 4.29. The van der Waals surface area contributed by atoms with Crippen molar-refractivity contribution in [2.45, 2.75) is 38.6 Å². The lowest BCUT2D eigenvalue weighted by molar-refractivity contribution is -0.129. The summed E-state index contributed by atoms with van der Waals surface area (Å²) in [5, 5.41) is 12.0. The molecule has 0 atom stereocenters. The fraction of sp³-hybridized carbons (Fsp3) is 0.364. The Hall–Kier alpha value is -2.91. The molecule has 2 aromatic rings. The molecule has 3 rings (SSSR count). The number of carbonyl (C=O) groups is 2. The number of hydrogen-bond donors (Lipinski definition) is 3. The second-order valence-electron chi connectivity index (χ2n) is 8.30. The average molecular weight is 446 g/mol. The maximum Gasteiger partial charge on any atom is 0.261 e. The van der Waals surface area contributed by atoms with Crippen LogP contribution < -0.4 is 10.0 Å². The largest absolute Gasteiger partial charge is 0.395 e. The number of fused-ring (bicyclic) bond motifs is 1. The van der Waals surface area contributed by atoms with E-state index in [-0.39, 0.29) is 23.3 Å². The summed E-state index contributed by atoms with van der Waals surface area (Å²) in [4.78, 5) is 25.6. The van der Waals surface area contributed by atoms with Crippen molar-refractivity contribution in [3.05, 3.63) is 53.6 Å². The van der Waals surface area contributed by atoms with Crippen LogP contribution in [0.2, 0.25) is 0 Å². The van der Waals surface area contributed by atoms with Crippen LogP contribution in [0, 0.1) is 5.41 Å². The molecular formula is C22H27N3O5S. The van der Waals surface area contributed by atoms with E-state index >= 15 is 0 Å². The molecule has 0 spiro atoms. The molecule has 0 radical (unpaired) electrons. The van der Waals surface area contributed by atoms with Gasteiger partial charge in [-0.3, -0.25) is 14.3 Å². The van der Waals surface area contributed by atoms with E-state index in [4.69, 9.17) is 0 Å². The molecule has 9 heteroatoms. The topological polar surface area (TPSA) is 116 Å². The number of benzene rings is 2. The number of hydrogen-bond acceptors (Lipinski definition) is 5. The fourth-order valence-electron chi connectivity index (χ4n) is 3.18. The number of anilines is 2. The van der Waals surface area contributed by atoms with Gasteiger partial charge < -0.3 is 15.3 Å². The Labute approximate surface area is 182 Å². The van der Waals surface area contributed by atoms with Gasteiger partial charge in [0.25, 0.3) is 10.0 Å². The molecule has 0 unspecified atom stereocenters. The van der Waals surface area contributed by atoms with Crippen molar-refractivity contribution in [1.29, 1.82) is 0 Å². The predicted octanol–water partition coefficient (Wildman–Crippen LogP) is 2.35. The second kappa shape index (κ2) is 8.68. The highest BCUT2D eigenvalue weighted by atomic mass is 32.2. The van der Waals surface area contributed by atoms with Gasteiger partial charge in [0.2, 0.25) is 11.8 Å². The summed E-state index contributed by atoms with van der Waals surface area (Å²) in [6.45, 7) is 5.49. The Morgan fingerprint density at radius 1 is 1.06 bits per heavy atom. The molecule has 166 valence electrons. The van der Waals surface area contributed by atoms with Crippen molar-refractivity contribution in [3.63, 3.8) is 0 Å². The van der Waals surface area contributed by atoms with E-state index < -0.39 is 15.4 Å². The summed E-state index contributed by atoms with van der Waals surface area (Å²) in [6, 6.07) is 11.2. The SMILES string of the molecule is CC(=O)N1CCc2ccc(S(=O)(=O)Nc3ccc(NC(=O)C(C)(C)CO)cc3)cc2C1. The first-order valence-electron chi connectivity index (χ1n) is 9.94. The van der Waals surface area contributed by atoms with Gasteiger partial charge in [0.05, 0.1) is 16.9 Å². The summed E-state index contributed by atoms with van der Waals surface area (Å²) in [7, 11) is -3.82. The van der Waals surface area contributed by atoms with E-state index in [0.29, 0.717) is 30.9 Å². The molecule has 0 saturated heterocycles. The number of nitrogens with zero attached hydrogens (tertiary/aromatic N) is 1. The first-order chi connectivity index (χ1) is 14.5. The summed E-state index contributed by atoms with van der Waals surface area (Å²) < 4.78 is 28.2. The van der Waals surface area contributed by atoms with E-state index in [1.807, 2.05) is 0 Å². The first-order valence-corrected chi connectivity index (χ1v) is 11.4. The summed E-state index contributed by atoms with van der Waals surface area (Å²) in [5.74, 6) is -0.372. The molecule has 8 nitrogen and oxygen atoms in total. The lowest BCUT2D eigenvalue weighted by Gasteiger charge is -2.28. The highest BCUT2D eigenvalue weighted by molar-refractivity contribution is 7.92. The highest BCUT2D eigenvalue weighted by Gasteiger charge is 2.26. The number of sulfonamides is 1. The van der Waals surface area contributed by atoms with Crippen LogP contribution in [0.5, 0.6) is 0 Å². The van der Waals surface area contributed by atoms with Crippen molar-refractivity contribution in [2.75, 3.05) is 23.2 Å². The molecule has 1 aliphatic heterocycles. The van der Waals surface area contributed by atoms with E-state index in [0.717, 1.165) is 11.1 Å². The number of aliphatic hydroxyl groups excluding tert-OH is 1. The molecule has 31 heavy (non-hydrogen) atoms. The van der Waals surface area contributed by atoms with Crippen molar-refractivity contribution in [3.8, 4) is 0 Å². The van der Waals surface area contributed by atoms with Crippen LogP contribution in [0.25, 0.3) is 0 Å². The maximum absolute atomic E-state index is 12.8. The lowest BCUT2D eigenvalue weighted by Crippen LogP contribution is -2.34. The Morgan fingerprint density at radius 2 is 1.71 bits per heavy atom. The van der Waals surface area contributed by atoms with Crippen molar-refractivity contribution in [2.24, 2.45) is 5.41 Å². The standard InChI is InChI=1S/C22H27N3O5S/c1-15(27)25-11-10-16-4-9-20(12-17(16)13-25)31(29,30)24-19-7-5-18(6-8-19)23-21(28)22(2,3)14-26/h4-9,12,24,26H,10-11,13-14H2,1-3H3,(H,23,28). The minimum absolute atomic E-state index is 0.0356. The van der Waals surface area contributed by atoms with E-state index in [2.05, 4.69) is 10.0 Å². The molecule has 0 bridgehead atoms. The maximum atomic E-state index is 12.8. The van der Waals surface area contributed by atoms with Crippen molar-refractivity contribution in [1.82, 2.24) is 4.90 Å². The van der Waals surface area contributed by atoms with Crippen LogP contribution in [0.4, 0.5) is 11.4 Å². The predicted molar refractivity (Wildman–Crippen MR) is 118 cm³/mol. The van der Waals surface area contributed by atoms with Crippen LogP contribution in [0.1, 0.15) is 31.9 Å². The van der Waals surface area contributed by atoms with Gasteiger partial charge in [0.1, 0.15) is 0 Å². The van der Waals surface area contributed by atoms with E-state index in [9.17, 15) is 23.1 Å². The number of aliphatic hydroxyl groups is 1. The third kappa shape index (κ3) is 5.23. The third-order valence-electron chi connectivity index (χ3n) is 5.35. The summed E-state index contributed by atoms with van der Waals surface area (Å²) >= 11 is 0. The molecule has 3 N–H and O–H groups in total. The normalized spacial score (nSPS) is 14.0. The van der Waals surface area contributed by atoms with Gasteiger partial charge in [-0.15, -0.1) is 0 Å². The zero-order valence-electron chi connectivity index (χ0n) is 17.8. The number of rotatable bonds is 6. The van der Waals surface area contributed by atoms with Crippen molar-refractivity contribution < 1.29 is 23.1 Å². The number of amides is 2. The monoisotopic (exact) mass is 445 g/mol. The molecule has 1 aliphatic rings. The molecule has 2 amide bonds. The molecule has 0 fully saturated rings. The molecule has 2 aromatic carbocycles. The zero-order chi connectivity index (χ0) is 22.8. The van der Waals surface area contributed by atoms with Gasteiger partial charge in [0.15, 0.2) is 0 Å². The van der Waals surface area contributed by atoms with Gasteiger partial charge >= 0.3 is 0 Å². The van der Waals surface area contributed by atoms with Gasteiger partial charge in [-0.2, -0.15) is 0 Å². The van der Waals surface area contributed by atoms with Gasteiger partial charge in [0, 0.05) is 31.4 Å². The van der Waals surface area contributed by atoms with E-state index in [1.165, 1.54) is 6.92 Å². The minimum atomic E-state index is -3.82. The Bertz CT molecular complexity index is 1090. The summed E-state index contributed by atoms with van der Waals surface area (Å²) in [6.07, 6.45) is 0.697. The number of nitrogens with one attached hydrogen (secondary N) is 2. The summed E-state index contributed by atoms with van der Waals surface area (Å²) in [5.41, 5.74) is 1.79. The van der Waals surface area contributed by atoms with E-state index in [1.54, 1.807) is 61.2 Å². The Balaban J connectivity index is 1.73. The van der Waals surface area contributed by atoms with Crippen LogP contribution in [0.3, 0.4) is 0 Å². The smallest absolute Gasteiger partial charge is 0.261 e. The molecule has 1 heterocycles. The van der Waals surface area contributed by atoms with Crippen LogP contribution in [-0.2, 0) is 32.6 Å². The van der Waals surface area contributed by atoms with Crippen molar-refractivity contribution >= 4 is 33.2 Å². The van der Waals surface area contributed by atoms with Crippen LogP contribution in [-0.4, -0.2) is 43.4 Å². The lowest BCUT2D eigenvalue weighted by atomic mass is 9.93. The van der Waals surface area contributed by atoms with Crippen LogP contribution >= 0.6 is 0 Å². The Kier molecular flexibility index (Phi) is 6.38. The zero-order valence-corrected chi connectivity index (χ0v) is 18.6. The molecular weight excluding hydrogens is 418 g/mol. The van der Waals surface area contributed by atoms with Gasteiger partial charge in [-0.25, -0.2) is 8.42 Å². The quantitative estimate of drug-likeness (QED) is 0.631. The highest BCUT2D eigenvalue weighted by Crippen LogP contribution is 2.25. The third-order valence-corrected chi connectivity index (χ3v) is 6.73. The van der Waals surface area contributed by atoms with Gasteiger partial charge in [-0.1, -0.05) is 6.07 Å². The van der Waals surface area contributed by atoms with Gasteiger partial charge in [-0.05, 0) is 67.8 Å². The molecule has 0 saturated carbocycles. The minimum Gasteiger partial charge on any atom is -0.395 e.